The van der Waals surface area contributed by atoms with Crippen molar-refractivity contribution >= 4 is 5.91 Å². The van der Waals surface area contributed by atoms with Gasteiger partial charge in [0.2, 0.25) is 5.91 Å². The first kappa shape index (κ1) is 13.4. The van der Waals surface area contributed by atoms with Crippen LogP contribution in [0.15, 0.2) is 36.4 Å². The van der Waals surface area contributed by atoms with Crippen LogP contribution >= 0.6 is 0 Å². The second-order valence-corrected chi connectivity index (χ2v) is 3.60. The Hall–Kier alpha value is -1.65. The van der Waals surface area contributed by atoms with Gasteiger partial charge in [0, 0.05) is 0 Å². The molecule has 92 valence electrons. The van der Waals surface area contributed by atoms with Gasteiger partial charge in [-0.3, -0.25) is 10.2 Å². The van der Waals surface area contributed by atoms with E-state index >= 15 is 0 Å². The summed E-state index contributed by atoms with van der Waals surface area (Å²) in [5, 5.41) is 0. The van der Waals surface area contributed by atoms with Crippen LogP contribution in [0.1, 0.15) is 18.1 Å². The van der Waals surface area contributed by atoms with Gasteiger partial charge in [0.25, 0.3) is 0 Å². The molecule has 0 unspecified atom stereocenters. The molecule has 0 fully saturated rings. The Balaban J connectivity index is 2.60. The van der Waals surface area contributed by atoms with E-state index in [1.807, 2.05) is 43.3 Å². The van der Waals surface area contributed by atoms with Crippen molar-refractivity contribution < 1.29 is 9.53 Å². The first-order valence-electron chi connectivity index (χ1n) is 5.53. The summed E-state index contributed by atoms with van der Waals surface area (Å²) in [4.78, 5) is 11.2. The fraction of sp³-hybridized carbons (Fsp3) is 0.308. The first-order chi connectivity index (χ1) is 8.27. The molecule has 1 rings (SSSR count). The third-order valence-electron chi connectivity index (χ3n) is 2.34. The number of rotatable bonds is 6. The molecule has 0 bridgehead atoms. The summed E-state index contributed by atoms with van der Waals surface area (Å²) < 4.78 is 5.47. The van der Waals surface area contributed by atoms with Gasteiger partial charge in [-0.15, -0.1) is 0 Å². The molecule has 1 aromatic rings. The summed E-state index contributed by atoms with van der Waals surface area (Å²) in [6.07, 6.45) is 4.16. The highest BCUT2D eigenvalue weighted by atomic mass is 16.5. The Morgan fingerprint density at radius 3 is 2.76 bits per heavy atom. The van der Waals surface area contributed by atoms with E-state index in [9.17, 15) is 4.79 Å². The Morgan fingerprint density at radius 2 is 2.12 bits per heavy atom. The third-order valence-corrected chi connectivity index (χ3v) is 2.34. The molecule has 0 aliphatic carbocycles. The summed E-state index contributed by atoms with van der Waals surface area (Å²) >= 11 is 0. The lowest BCUT2D eigenvalue weighted by Crippen LogP contribution is -2.31. The first-order valence-corrected chi connectivity index (χ1v) is 5.53. The SMILES string of the molecule is C/C=C/COCc1ccccc1CC(=O)NN. The van der Waals surface area contributed by atoms with E-state index in [-0.39, 0.29) is 12.3 Å². The van der Waals surface area contributed by atoms with Crippen LogP contribution in [-0.4, -0.2) is 12.5 Å². The number of ether oxygens (including phenoxy) is 1. The molecule has 0 spiro atoms. The molecule has 4 nitrogen and oxygen atoms in total. The monoisotopic (exact) mass is 234 g/mol. The van der Waals surface area contributed by atoms with E-state index < -0.39 is 0 Å². The van der Waals surface area contributed by atoms with Crippen LogP contribution in [0.2, 0.25) is 0 Å². The molecule has 0 aliphatic rings. The van der Waals surface area contributed by atoms with Crippen molar-refractivity contribution in [2.45, 2.75) is 20.0 Å². The minimum absolute atomic E-state index is 0.203. The number of hydrogen-bond donors (Lipinski definition) is 2. The number of hydrazine groups is 1. The van der Waals surface area contributed by atoms with Gasteiger partial charge in [0.1, 0.15) is 0 Å². The van der Waals surface area contributed by atoms with E-state index in [4.69, 9.17) is 10.6 Å². The van der Waals surface area contributed by atoms with Crippen LogP contribution in [-0.2, 0) is 22.6 Å². The number of carbonyl (C=O) groups is 1. The van der Waals surface area contributed by atoms with Crippen LogP contribution in [0.4, 0.5) is 0 Å². The maximum Gasteiger partial charge on any atom is 0.238 e. The lowest BCUT2D eigenvalue weighted by atomic mass is 10.1. The quantitative estimate of drug-likeness (QED) is 0.256. The maximum atomic E-state index is 11.2. The Morgan fingerprint density at radius 1 is 1.41 bits per heavy atom. The van der Waals surface area contributed by atoms with E-state index in [1.54, 1.807) is 0 Å². The average molecular weight is 234 g/mol. The fourth-order valence-corrected chi connectivity index (χ4v) is 1.43. The van der Waals surface area contributed by atoms with Crippen molar-refractivity contribution in [2.24, 2.45) is 5.84 Å². The van der Waals surface area contributed by atoms with Crippen LogP contribution in [0.5, 0.6) is 0 Å². The normalized spacial score (nSPS) is 10.7. The summed E-state index contributed by atoms with van der Waals surface area (Å²) in [5.74, 6) is 4.87. The van der Waals surface area contributed by atoms with E-state index in [2.05, 4.69) is 5.43 Å². The molecule has 17 heavy (non-hydrogen) atoms. The molecule has 0 heterocycles. The zero-order valence-corrected chi connectivity index (χ0v) is 9.98. The molecule has 1 aromatic carbocycles. The van der Waals surface area contributed by atoms with Gasteiger partial charge < -0.3 is 4.74 Å². The molecule has 0 saturated heterocycles. The molecule has 1 amide bonds. The van der Waals surface area contributed by atoms with Gasteiger partial charge >= 0.3 is 0 Å². The largest absolute Gasteiger partial charge is 0.373 e. The molecule has 0 radical (unpaired) electrons. The highest BCUT2D eigenvalue weighted by Crippen LogP contribution is 2.10. The Kier molecular flexibility index (Phi) is 5.99. The zero-order valence-electron chi connectivity index (χ0n) is 9.98. The lowest BCUT2D eigenvalue weighted by Gasteiger charge is -2.08. The zero-order chi connectivity index (χ0) is 12.5. The number of nitrogens with two attached hydrogens (primary N) is 1. The van der Waals surface area contributed by atoms with Crippen LogP contribution in [0, 0.1) is 0 Å². The van der Waals surface area contributed by atoms with Gasteiger partial charge in [-0.25, -0.2) is 5.84 Å². The minimum atomic E-state index is -0.203. The molecular formula is C13H18N2O2. The number of nitrogens with one attached hydrogen (secondary N) is 1. The highest BCUT2D eigenvalue weighted by molar-refractivity contribution is 5.78. The molecule has 0 atom stereocenters. The molecule has 4 heteroatoms. The van der Waals surface area contributed by atoms with Crippen LogP contribution < -0.4 is 11.3 Å². The summed E-state index contributed by atoms with van der Waals surface area (Å²) in [6.45, 7) is 3.02. The number of allylic oxidation sites excluding steroid dienone is 1. The second-order valence-electron chi connectivity index (χ2n) is 3.60. The average Bonchev–Trinajstić information content (AvgIpc) is 2.36. The molecule has 0 aliphatic heterocycles. The molecular weight excluding hydrogens is 216 g/mol. The van der Waals surface area contributed by atoms with Crippen LogP contribution in [0.25, 0.3) is 0 Å². The highest BCUT2D eigenvalue weighted by Gasteiger charge is 2.06. The van der Waals surface area contributed by atoms with Crippen molar-refractivity contribution in [3.05, 3.63) is 47.5 Å². The Labute approximate surface area is 101 Å². The van der Waals surface area contributed by atoms with Crippen LogP contribution in [0.3, 0.4) is 0 Å². The predicted molar refractivity (Wildman–Crippen MR) is 66.9 cm³/mol. The summed E-state index contributed by atoms with van der Waals surface area (Å²) in [5.41, 5.74) is 4.08. The van der Waals surface area contributed by atoms with Crippen molar-refractivity contribution in [3.63, 3.8) is 0 Å². The second kappa shape index (κ2) is 7.60. The van der Waals surface area contributed by atoms with Crippen molar-refractivity contribution in [2.75, 3.05) is 6.61 Å². The molecule has 0 aromatic heterocycles. The van der Waals surface area contributed by atoms with Crippen molar-refractivity contribution in [1.82, 2.24) is 5.43 Å². The van der Waals surface area contributed by atoms with Crippen molar-refractivity contribution in [3.8, 4) is 0 Å². The predicted octanol–water partition coefficient (Wildman–Crippen LogP) is 1.31. The van der Waals surface area contributed by atoms with Gasteiger partial charge in [0.15, 0.2) is 0 Å². The molecule has 3 N–H and O–H groups in total. The van der Waals surface area contributed by atoms with Gasteiger partial charge in [0.05, 0.1) is 19.6 Å². The maximum absolute atomic E-state index is 11.2. The topological polar surface area (TPSA) is 64.3 Å². The lowest BCUT2D eigenvalue weighted by molar-refractivity contribution is -0.120. The minimum Gasteiger partial charge on any atom is -0.373 e. The van der Waals surface area contributed by atoms with Gasteiger partial charge in [-0.05, 0) is 18.1 Å². The fourth-order valence-electron chi connectivity index (χ4n) is 1.43. The summed E-state index contributed by atoms with van der Waals surface area (Å²) in [6, 6.07) is 7.69. The third kappa shape index (κ3) is 4.80. The number of carbonyl (C=O) groups excluding carboxylic acids is 1. The number of amides is 1. The summed E-state index contributed by atoms with van der Waals surface area (Å²) in [7, 11) is 0. The van der Waals surface area contributed by atoms with E-state index in [0.29, 0.717) is 13.2 Å². The van der Waals surface area contributed by atoms with E-state index in [0.717, 1.165) is 11.1 Å². The van der Waals surface area contributed by atoms with Gasteiger partial charge in [-0.2, -0.15) is 0 Å². The standard InChI is InChI=1S/C13H18N2O2/c1-2-3-8-17-10-12-7-5-4-6-11(12)9-13(16)15-14/h2-7H,8-10,14H2,1H3,(H,15,16)/b3-2+. The van der Waals surface area contributed by atoms with E-state index in [1.165, 1.54) is 0 Å². The molecule has 0 saturated carbocycles. The number of benzene rings is 1. The number of hydrogen-bond acceptors (Lipinski definition) is 3. The Bertz CT molecular complexity index is 389. The van der Waals surface area contributed by atoms with Crippen molar-refractivity contribution in [1.29, 1.82) is 0 Å². The smallest absolute Gasteiger partial charge is 0.238 e. The van der Waals surface area contributed by atoms with Gasteiger partial charge in [-0.1, -0.05) is 36.4 Å².